The van der Waals surface area contributed by atoms with Crippen LogP contribution in [0.15, 0.2) is 0 Å². The van der Waals surface area contributed by atoms with E-state index in [4.69, 9.17) is 0 Å². The molecule has 2 unspecified atom stereocenters. The maximum Gasteiger partial charge on any atom is 0.152 e. The number of likely N-dealkylation sites (N-methyl/N-ethyl adjacent to an activating group) is 1. The van der Waals surface area contributed by atoms with Crippen molar-refractivity contribution < 1.29 is 4.79 Å². The molecule has 0 saturated carbocycles. The summed E-state index contributed by atoms with van der Waals surface area (Å²) in [6.07, 6.45) is 2.09. The summed E-state index contributed by atoms with van der Waals surface area (Å²) >= 11 is 0. The van der Waals surface area contributed by atoms with Gasteiger partial charge in [-0.25, -0.2) is 0 Å². The lowest BCUT2D eigenvalue weighted by atomic mass is 9.97. The van der Waals surface area contributed by atoms with Crippen molar-refractivity contribution in [1.82, 2.24) is 5.32 Å². The lowest BCUT2D eigenvalue weighted by Gasteiger charge is -2.14. The molecule has 0 bridgehead atoms. The Hall–Kier alpha value is -0.370. The van der Waals surface area contributed by atoms with Crippen LogP contribution in [0.3, 0.4) is 0 Å². The van der Waals surface area contributed by atoms with Crippen molar-refractivity contribution in [2.24, 2.45) is 5.92 Å². The number of Topliss-reactive ketones (excluding diaryl/α,β-unsaturated/α-hetero) is 1. The molecule has 1 N–H and O–H groups in total. The Morgan fingerprint density at radius 2 is 2.00 bits per heavy atom. The van der Waals surface area contributed by atoms with Crippen LogP contribution in [-0.2, 0) is 4.79 Å². The third kappa shape index (κ3) is 3.51. The standard InChI is InChI=1S/C9H19NO/c1-5-6-7(2)9(11)8(3)10-4/h7-8,10H,5-6H2,1-4H3. The van der Waals surface area contributed by atoms with Gasteiger partial charge >= 0.3 is 0 Å². The molecule has 0 amide bonds. The van der Waals surface area contributed by atoms with Gasteiger partial charge in [0.15, 0.2) is 5.78 Å². The van der Waals surface area contributed by atoms with Crippen LogP contribution in [0.4, 0.5) is 0 Å². The van der Waals surface area contributed by atoms with E-state index in [0.29, 0.717) is 5.78 Å². The first-order chi connectivity index (χ1) is 5.13. The van der Waals surface area contributed by atoms with E-state index in [1.807, 2.05) is 20.9 Å². The van der Waals surface area contributed by atoms with Gasteiger partial charge in [-0.15, -0.1) is 0 Å². The number of carbonyl (C=O) groups excluding carboxylic acids is 1. The normalized spacial score (nSPS) is 16.0. The number of carbonyl (C=O) groups is 1. The fourth-order valence-electron chi connectivity index (χ4n) is 1.14. The first-order valence-corrected chi connectivity index (χ1v) is 4.34. The summed E-state index contributed by atoms with van der Waals surface area (Å²) in [4.78, 5) is 11.4. The summed E-state index contributed by atoms with van der Waals surface area (Å²) in [7, 11) is 1.82. The first kappa shape index (κ1) is 10.6. The summed E-state index contributed by atoms with van der Waals surface area (Å²) < 4.78 is 0. The average Bonchev–Trinajstić information content (AvgIpc) is 2.02. The lowest BCUT2D eigenvalue weighted by Crippen LogP contribution is -2.34. The second kappa shape index (κ2) is 5.30. The maximum atomic E-state index is 11.4. The van der Waals surface area contributed by atoms with E-state index in [-0.39, 0.29) is 12.0 Å². The Bertz CT molecular complexity index is 123. The summed E-state index contributed by atoms with van der Waals surface area (Å²) in [5, 5.41) is 2.95. The van der Waals surface area contributed by atoms with E-state index in [1.54, 1.807) is 0 Å². The summed E-state index contributed by atoms with van der Waals surface area (Å²) in [5.41, 5.74) is 0. The number of hydrogen-bond donors (Lipinski definition) is 1. The summed E-state index contributed by atoms with van der Waals surface area (Å²) in [6.45, 7) is 6.02. The highest BCUT2D eigenvalue weighted by atomic mass is 16.1. The molecule has 2 atom stereocenters. The molecule has 0 spiro atoms. The second-order valence-corrected chi connectivity index (χ2v) is 3.10. The Labute approximate surface area is 69.4 Å². The van der Waals surface area contributed by atoms with E-state index in [9.17, 15) is 4.79 Å². The molecule has 0 heterocycles. The number of hydrogen-bond acceptors (Lipinski definition) is 2. The smallest absolute Gasteiger partial charge is 0.152 e. The topological polar surface area (TPSA) is 29.1 Å². The predicted molar refractivity (Wildman–Crippen MR) is 47.6 cm³/mol. The van der Waals surface area contributed by atoms with Crippen molar-refractivity contribution in [2.75, 3.05) is 7.05 Å². The fraction of sp³-hybridized carbons (Fsp3) is 0.889. The van der Waals surface area contributed by atoms with Gasteiger partial charge in [-0.3, -0.25) is 4.79 Å². The zero-order chi connectivity index (χ0) is 8.85. The highest BCUT2D eigenvalue weighted by Crippen LogP contribution is 2.08. The molecule has 0 aromatic carbocycles. The van der Waals surface area contributed by atoms with Crippen LogP contribution in [0.1, 0.15) is 33.6 Å². The fourth-order valence-corrected chi connectivity index (χ4v) is 1.14. The van der Waals surface area contributed by atoms with Gasteiger partial charge < -0.3 is 5.32 Å². The molecule has 2 heteroatoms. The van der Waals surface area contributed by atoms with Crippen molar-refractivity contribution in [2.45, 2.75) is 39.7 Å². The lowest BCUT2D eigenvalue weighted by molar-refractivity contribution is -0.124. The van der Waals surface area contributed by atoms with Gasteiger partial charge in [0.25, 0.3) is 0 Å². The van der Waals surface area contributed by atoms with Crippen LogP contribution >= 0.6 is 0 Å². The first-order valence-electron chi connectivity index (χ1n) is 4.34. The minimum atomic E-state index is 0.0107. The van der Waals surface area contributed by atoms with Gasteiger partial charge in [-0.1, -0.05) is 20.3 Å². The minimum absolute atomic E-state index is 0.0107. The summed E-state index contributed by atoms with van der Waals surface area (Å²) in [6, 6.07) is 0.0107. The van der Waals surface area contributed by atoms with Crippen molar-refractivity contribution in [3.8, 4) is 0 Å². The molecule has 0 aromatic heterocycles. The van der Waals surface area contributed by atoms with Gasteiger partial charge in [0, 0.05) is 5.92 Å². The maximum absolute atomic E-state index is 11.4. The van der Waals surface area contributed by atoms with Crippen molar-refractivity contribution in [1.29, 1.82) is 0 Å². The molecular formula is C9H19NO. The van der Waals surface area contributed by atoms with Crippen LogP contribution in [0.25, 0.3) is 0 Å². The molecule has 11 heavy (non-hydrogen) atoms. The molecule has 0 radical (unpaired) electrons. The molecule has 0 rings (SSSR count). The highest BCUT2D eigenvalue weighted by molar-refractivity contribution is 5.85. The Balaban J connectivity index is 3.81. The van der Waals surface area contributed by atoms with E-state index >= 15 is 0 Å². The van der Waals surface area contributed by atoms with Gasteiger partial charge in [-0.2, -0.15) is 0 Å². The monoisotopic (exact) mass is 157 g/mol. The molecule has 0 aliphatic carbocycles. The molecule has 66 valence electrons. The van der Waals surface area contributed by atoms with Crippen LogP contribution in [0.2, 0.25) is 0 Å². The molecule has 0 aliphatic rings. The molecule has 0 aliphatic heterocycles. The number of nitrogens with one attached hydrogen (secondary N) is 1. The van der Waals surface area contributed by atoms with Crippen molar-refractivity contribution >= 4 is 5.78 Å². The number of ketones is 1. The van der Waals surface area contributed by atoms with E-state index in [2.05, 4.69) is 12.2 Å². The average molecular weight is 157 g/mol. The van der Waals surface area contributed by atoms with Gasteiger partial charge in [-0.05, 0) is 20.4 Å². The van der Waals surface area contributed by atoms with Gasteiger partial charge in [0.1, 0.15) is 0 Å². The molecule has 0 saturated heterocycles. The zero-order valence-corrected chi connectivity index (χ0v) is 7.98. The molecule has 2 nitrogen and oxygen atoms in total. The Kier molecular flexibility index (Phi) is 5.12. The SMILES string of the molecule is CCCC(C)C(=O)C(C)NC. The van der Waals surface area contributed by atoms with E-state index in [0.717, 1.165) is 12.8 Å². The molecular weight excluding hydrogens is 138 g/mol. The van der Waals surface area contributed by atoms with E-state index in [1.165, 1.54) is 0 Å². The van der Waals surface area contributed by atoms with Crippen molar-refractivity contribution in [3.05, 3.63) is 0 Å². The van der Waals surface area contributed by atoms with Crippen molar-refractivity contribution in [3.63, 3.8) is 0 Å². The zero-order valence-electron chi connectivity index (χ0n) is 7.98. The predicted octanol–water partition coefficient (Wildman–Crippen LogP) is 1.60. The largest absolute Gasteiger partial charge is 0.311 e. The quantitative estimate of drug-likeness (QED) is 0.656. The van der Waals surface area contributed by atoms with Gasteiger partial charge in [0.2, 0.25) is 0 Å². The van der Waals surface area contributed by atoms with Gasteiger partial charge in [0.05, 0.1) is 6.04 Å². The molecule has 0 aromatic rings. The summed E-state index contributed by atoms with van der Waals surface area (Å²) in [5.74, 6) is 0.539. The highest BCUT2D eigenvalue weighted by Gasteiger charge is 2.16. The van der Waals surface area contributed by atoms with Crippen LogP contribution in [-0.4, -0.2) is 18.9 Å². The minimum Gasteiger partial charge on any atom is -0.311 e. The third-order valence-corrected chi connectivity index (χ3v) is 2.07. The number of rotatable bonds is 5. The Morgan fingerprint density at radius 3 is 2.36 bits per heavy atom. The Morgan fingerprint density at radius 1 is 1.45 bits per heavy atom. The van der Waals surface area contributed by atoms with Crippen LogP contribution in [0.5, 0.6) is 0 Å². The van der Waals surface area contributed by atoms with E-state index < -0.39 is 0 Å². The second-order valence-electron chi connectivity index (χ2n) is 3.10. The molecule has 0 fully saturated rings. The third-order valence-electron chi connectivity index (χ3n) is 2.07. The van der Waals surface area contributed by atoms with Crippen LogP contribution < -0.4 is 5.32 Å². The van der Waals surface area contributed by atoms with Crippen LogP contribution in [0, 0.1) is 5.92 Å².